The van der Waals surface area contributed by atoms with Gasteiger partial charge in [0, 0.05) is 17.3 Å². The molecule has 2 heterocycles. The zero-order valence-corrected chi connectivity index (χ0v) is 11.2. The Hall–Kier alpha value is -2.21. The number of hydrogen-bond acceptors (Lipinski definition) is 6. The van der Waals surface area contributed by atoms with E-state index in [2.05, 4.69) is 10.2 Å². The van der Waals surface area contributed by atoms with Crippen molar-refractivity contribution < 1.29 is 14.3 Å². The molecule has 104 valence electrons. The van der Waals surface area contributed by atoms with Crippen LogP contribution in [0.5, 0.6) is 0 Å². The summed E-state index contributed by atoms with van der Waals surface area (Å²) < 4.78 is 10.2. The molecule has 0 amide bonds. The Morgan fingerprint density at radius 1 is 1.45 bits per heavy atom. The minimum Gasteiger partial charge on any atom is -0.467 e. The molecule has 20 heavy (non-hydrogen) atoms. The molecule has 1 aliphatic rings. The number of rotatable bonds is 2. The van der Waals surface area contributed by atoms with E-state index in [9.17, 15) is 4.79 Å². The van der Waals surface area contributed by atoms with Gasteiger partial charge in [0.25, 0.3) is 0 Å². The number of hydrogen-bond donors (Lipinski definition) is 0. The maximum Gasteiger partial charge on any atom is 0.336 e. The van der Waals surface area contributed by atoms with Crippen LogP contribution in [0.2, 0.25) is 0 Å². The number of methoxy groups -OCH3 is 1. The van der Waals surface area contributed by atoms with Gasteiger partial charge in [-0.15, -0.1) is 5.10 Å². The second kappa shape index (κ2) is 5.42. The van der Waals surface area contributed by atoms with E-state index >= 15 is 0 Å². The molecule has 1 aliphatic heterocycles. The average molecular weight is 273 g/mol. The summed E-state index contributed by atoms with van der Waals surface area (Å²) >= 11 is 0. The van der Waals surface area contributed by atoms with Gasteiger partial charge < -0.3 is 14.4 Å². The second-order valence-electron chi connectivity index (χ2n) is 4.58. The monoisotopic (exact) mass is 273 g/mol. The molecule has 6 heteroatoms. The molecule has 0 N–H and O–H groups in total. The largest absolute Gasteiger partial charge is 0.467 e. The highest BCUT2D eigenvalue weighted by molar-refractivity contribution is 5.91. The van der Waals surface area contributed by atoms with Crippen LogP contribution in [0.15, 0.2) is 30.5 Å². The van der Waals surface area contributed by atoms with Crippen LogP contribution in [-0.4, -0.2) is 49.1 Å². The molecule has 1 fully saturated rings. The van der Waals surface area contributed by atoms with Gasteiger partial charge >= 0.3 is 5.97 Å². The number of nitrogens with zero attached hydrogens (tertiary/aromatic N) is 3. The van der Waals surface area contributed by atoms with Gasteiger partial charge in [0.2, 0.25) is 0 Å². The zero-order valence-electron chi connectivity index (χ0n) is 11.2. The van der Waals surface area contributed by atoms with E-state index in [1.807, 2.05) is 29.2 Å². The summed E-state index contributed by atoms with van der Waals surface area (Å²) in [5.41, 5.74) is 0. The lowest BCUT2D eigenvalue weighted by Gasteiger charge is -2.32. The van der Waals surface area contributed by atoms with E-state index < -0.39 is 6.10 Å². The smallest absolute Gasteiger partial charge is 0.336 e. The van der Waals surface area contributed by atoms with Crippen LogP contribution in [0, 0.1) is 0 Å². The van der Waals surface area contributed by atoms with Crippen molar-refractivity contribution in [1.29, 1.82) is 0 Å². The van der Waals surface area contributed by atoms with Crippen molar-refractivity contribution in [3.8, 4) is 0 Å². The number of morpholine rings is 1. The summed E-state index contributed by atoms with van der Waals surface area (Å²) in [7, 11) is 1.36. The van der Waals surface area contributed by atoms with Gasteiger partial charge in [0.05, 0.1) is 26.5 Å². The molecular formula is C14H15N3O3. The summed E-state index contributed by atoms with van der Waals surface area (Å²) in [6, 6.07) is 7.92. The Balaban J connectivity index is 1.92. The first-order valence-electron chi connectivity index (χ1n) is 6.44. The minimum absolute atomic E-state index is 0.358. The first-order chi connectivity index (χ1) is 9.79. The van der Waals surface area contributed by atoms with Crippen LogP contribution in [0.4, 0.5) is 5.82 Å². The van der Waals surface area contributed by atoms with E-state index in [0.717, 1.165) is 16.6 Å². The number of aromatic nitrogens is 2. The summed E-state index contributed by atoms with van der Waals surface area (Å²) in [6.07, 6.45) is 1.16. The normalized spacial score (nSPS) is 19.1. The summed E-state index contributed by atoms with van der Waals surface area (Å²) in [5, 5.41) is 10.3. The lowest BCUT2D eigenvalue weighted by molar-refractivity contribution is -0.154. The molecule has 0 aliphatic carbocycles. The van der Waals surface area contributed by atoms with Crippen molar-refractivity contribution in [2.45, 2.75) is 6.10 Å². The minimum atomic E-state index is -0.575. The second-order valence-corrected chi connectivity index (χ2v) is 4.58. The quantitative estimate of drug-likeness (QED) is 0.761. The molecule has 6 nitrogen and oxygen atoms in total. The predicted molar refractivity (Wildman–Crippen MR) is 73.5 cm³/mol. The molecular weight excluding hydrogens is 258 g/mol. The van der Waals surface area contributed by atoms with Crippen LogP contribution in [0.25, 0.3) is 10.8 Å². The van der Waals surface area contributed by atoms with Gasteiger partial charge in [-0.1, -0.05) is 24.3 Å². The molecule has 0 spiro atoms. The van der Waals surface area contributed by atoms with Gasteiger partial charge in [0.1, 0.15) is 0 Å². The first kappa shape index (κ1) is 12.8. The highest BCUT2D eigenvalue weighted by Crippen LogP contribution is 2.24. The van der Waals surface area contributed by atoms with E-state index in [4.69, 9.17) is 9.47 Å². The fourth-order valence-corrected chi connectivity index (χ4v) is 2.36. The van der Waals surface area contributed by atoms with Crippen molar-refractivity contribution in [3.05, 3.63) is 30.5 Å². The number of carbonyl (C=O) groups excluding carboxylic acids is 1. The number of anilines is 1. The van der Waals surface area contributed by atoms with Crippen LogP contribution in [-0.2, 0) is 14.3 Å². The van der Waals surface area contributed by atoms with Gasteiger partial charge in [0.15, 0.2) is 11.9 Å². The van der Waals surface area contributed by atoms with Crippen LogP contribution >= 0.6 is 0 Å². The van der Waals surface area contributed by atoms with E-state index in [-0.39, 0.29) is 5.97 Å². The Labute approximate surface area is 116 Å². The molecule has 1 atom stereocenters. The van der Waals surface area contributed by atoms with Crippen LogP contribution in [0.3, 0.4) is 0 Å². The third kappa shape index (κ3) is 2.30. The molecule has 2 aromatic rings. The standard InChI is InChI=1S/C14H15N3O3/c1-19-14(18)12-9-17(6-7-20-12)13-11-5-3-2-4-10(11)8-15-16-13/h2-5,8,12H,6-7,9H2,1H3. The summed E-state index contributed by atoms with van der Waals surface area (Å²) in [5.74, 6) is 0.420. The summed E-state index contributed by atoms with van der Waals surface area (Å²) in [4.78, 5) is 13.6. The van der Waals surface area contributed by atoms with E-state index in [1.54, 1.807) is 6.20 Å². The number of fused-ring (bicyclic) bond motifs is 1. The van der Waals surface area contributed by atoms with Gasteiger partial charge in [-0.25, -0.2) is 4.79 Å². The Morgan fingerprint density at radius 2 is 2.30 bits per heavy atom. The molecule has 3 rings (SSSR count). The maximum absolute atomic E-state index is 11.6. The number of esters is 1. The van der Waals surface area contributed by atoms with Gasteiger partial charge in [-0.3, -0.25) is 0 Å². The maximum atomic E-state index is 11.6. The van der Waals surface area contributed by atoms with E-state index in [1.165, 1.54) is 7.11 Å². The number of benzene rings is 1. The molecule has 0 saturated carbocycles. The molecule has 1 saturated heterocycles. The predicted octanol–water partition coefficient (Wildman–Crippen LogP) is 1.01. The van der Waals surface area contributed by atoms with Gasteiger partial charge in [-0.2, -0.15) is 5.10 Å². The molecule has 1 aromatic heterocycles. The SMILES string of the molecule is COC(=O)C1CN(c2nncc3ccccc23)CCO1. The van der Waals surface area contributed by atoms with Crippen molar-refractivity contribution in [3.63, 3.8) is 0 Å². The average Bonchev–Trinajstić information content (AvgIpc) is 2.53. The molecule has 0 bridgehead atoms. The van der Waals surface area contributed by atoms with Crippen molar-refractivity contribution in [2.24, 2.45) is 0 Å². The number of ether oxygens (including phenoxy) is 2. The van der Waals surface area contributed by atoms with Crippen molar-refractivity contribution in [1.82, 2.24) is 10.2 Å². The van der Waals surface area contributed by atoms with Gasteiger partial charge in [-0.05, 0) is 0 Å². The highest BCUT2D eigenvalue weighted by Gasteiger charge is 2.28. The lowest BCUT2D eigenvalue weighted by atomic mass is 10.1. The summed E-state index contributed by atoms with van der Waals surface area (Å²) in [6.45, 7) is 1.57. The van der Waals surface area contributed by atoms with Crippen LogP contribution in [0.1, 0.15) is 0 Å². The highest BCUT2D eigenvalue weighted by atomic mass is 16.6. The molecule has 0 radical (unpaired) electrons. The fraction of sp³-hybridized carbons (Fsp3) is 0.357. The number of carbonyl (C=O) groups is 1. The lowest BCUT2D eigenvalue weighted by Crippen LogP contribution is -2.47. The Morgan fingerprint density at radius 3 is 3.15 bits per heavy atom. The first-order valence-corrected chi connectivity index (χ1v) is 6.44. The van der Waals surface area contributed by atoms with E-state index in [0.29, 0.717) is 19.7 Å². The third-order valence-corrected chi connectivity index (χ3v) is 3.38. The van der Waals surface area contributed by atoms with Crippen LogP contribution < -0.4 is 4.90 Å². The Bertz CT molecular complexity index is 627. The van der Waals surface area contributed by atoms with Crippen molar-refractivity contribution in [2.75, 3.05) is 31.7 Å². The zero-order chi connectivity index (χ0) is 13.9. The topological polar surface area (TPSA) is 64.5 Å². The fourth-order valence-electron chi connectivity index (χ4n) is 2.36. The molecule has 1 unspecified atom stereocenters. The molecule has 1 aromatic carbocycles. The Kier molecular flexibility index (Phi) is 3.47. The third-order valence-electron chi connectivity index (χ3n) is 3.38. The van der Waals surface area contributed by atoms with Crippen molar-refractivity contribution >= 4 is 22.6 Å².